The SMILES string of the molecule is CC(C)(C)Cn1cc([C@H](NS(=O)(=O)C2CCC2)C(F)(F)F)c2ccc(C3CCOCC3)cc21. The zero-order chi connectivity index (χ0) is 24.0. The van der Waals surface area contributed by atoms with E-state index < -0.39 is 27.5 Å². The van der Waals surface area contributed by atoms with Crippen LogP contribution >= 0.6 is 0 Å². The van der Waals surface area contributed by atoms with Gasteiger partial charge in [-0.25, -0.2) is 8.42 Å². The Hall–Kier alpha value is -1.58. The van der Waals surface area contributed by atoms with Gasteiger partial charge in [0, 0.05) is 42.4 Å². The molecule has 2 aromatic rings. The lowest BCUT2D eigenvalue weighted by molar-refractivity contribution is -0.152. The molecule has 0 radical (unpaired) electrons. The molecule has 0 spiro atoms. The molecule has 5 nitrogen and oxygen atoms in total. The number of fused-ring (bicyclic) bond motifs is 1. The number of hydrogen-bond acceptors (Lipinski definition) is 3. The van der Waals surface area contributed by atoms with Crippen LogP contribution in [0.3, 0.4) is 0 Å². The second kappa shape index (κ2) is 8.89. The van der Waals surface area contributed by atoms with E-state index in [0.29, 0.717) is 49.4 Å². The molecule has 1 aromatic carbocycles. The molecule has 0 bridgehead atoms. The lowest BCUT2D eigenvalue weighted by atomic mass is 9.90. The van der Waals surface area contributed by atoms with Crippen molar-refractivity contribution in [3.8, 4) is 0 Å². The first-order valence-electron chi connectivity index (χ1n) is 11.6. The summed E-state index contributed by atoms with van der Waals surface area (Å²) in [5.74, 6) is 0.306. The third kappa shape index (κ3) is 5.41. The van der Waals surface area contributed by atoms with Crippen molar-refractivity contribution in [2.75, 3.05) is 13.2 Å². The first-order valence-corrected chi connectivity index (χ1v) is 13.2. The molecule has 2 fully saturated rings. The summed E-state index contributed by atoms with van der Waals surface area (Å²) in [4.78, 5) is 0. The number of sulfonamides is 1. The number of alkyl halides is 3. The topological polar surface area (TPSA) is 60.3 Å². The van der Waals surface area contributed by atoms with E-state index in [0.717, 1.165) is 24.8 Å². The summed E-state index contributed by atoms with van der Waals surface area (Å²) in [6, 6.07) is 3.32. The van der Waals surface area contributed by atoms with E-state index in [2.05, 4.69) is 0 Å². The van der Waals surface area contributed by atoms with E-state index in [1.54, 1.807) is 6.07 Å². The molecule has 1 saturated heterocycles. The Morgan fingerprint density at radius 3 is 2.33 bits per heavy atom. The minimum atomic E-state index is -4.75. The molecule has 0 unspecified atom stereocenters. The van der Waals surface area contributed by atoms with Crippen molar-refractivity contribution in [2.45, 2.75) is 82.8 Å². The van der Waals surface area contributed by atoms with Gasteiger partial charge in [0.25, 0.3) is 0 Å². The Balaban J connectivity index is 1.80. The fourth-order valence-corrected chi connectivity index (χ4v) is 6.48. The molecule has 1 aromatic heterocycles. The number of ether oxygens (including phenoxy) is 1. The summed E-state index contributed by atoms with van der Waals surface area (Å²) < 4.78 is 77.3. The number of hydrogen-bond donors (Lipinski definition) is 1. The van der Waals surface area contributed by atoms with Crippen LogP contribution < -0.4 is 4.72 Å². The molecule has 4 rings (SSSR count). The van der Waals surface area contributed by atoms with Gasteiger partial charge in [0.15, 0.2) is 0 Å². The van der Waals surface area contributed by atoms with Gasteiger partial charge in [0.1, 0.15) is 6.04 Å². The first kappa shape index (κ1) is 24.5. The van der Waals surface area contributed by atoms with Gasteiger partial charge in [-0.05, 0) is 48.6 Å². The van der Waals surface area contributed by atoms with E-state index in [-0.39, 0.29) is 11.0 Å². The van der Waals surface area contributed by atoms with Gasteiger partial charge in [0.2, 0.25) is 10.0 Å². The highest BCUT2D eigenvalue weighted by Gasteiger charge is 2.46. The summed E-state index contributed by atoms with van der Waals surface area (Å²) in [6.45, 7) is 7.96. The molecule has 1 aliphatic carbocycles. The van der Waals surface area contributed by atoms with Gasteiger partial charge in [-0.3, -0.25) is 0 Å². The molecule has 1 atom stereocenters. The van der Waals surface area contributed by atoms with Crippen molar-refractivity contribution in [3.05, 3.63) is 35.5 Å². The third-order valence-corrected chi connectivity index (χ3v) is 8.60. The van der Waals surface area contributed by atoms with Crippen LogP contribution in [0.4, 0.5) is 13.2 Å². The van der Waals surface area contributed by atoms with Crippen molar-refractivity contribution in [1.29, 1.82) is 0 Å². The van der Waals surface area contributed by atoms with E-state index >= 15 is 0 Å². The summed E-state index contributed by atoms with van der Waals surface area (Å²) in [7, 11) is -4.07. The van der Waals surface area contributed by atoms with Crippen LogP contribution in [0.25, 0.3) is 10.9 Å². The molecule has 0 amide bonds. The van der Waals surface area contributed by atoms with Crippen molar-refractivity contribution < 1.29 is 26.3 Å². The van der Waals surface area contributed by atoms with Gasteiger partial charge >= 0.3 is 6.18 Å². The summed E-state index contributed by atoms with van der Waals surface area (Å²) in [5, 5.41) is -0.306. The molecule has 1 aliphatic heterocycles. The molecular formula is C24H33F3N2O3S. The van der Waals surface area contributed by atoms with Crippen molar-refractivity contribution in [2.24, 2.45) is 5.41 Å². The second-order valence-electron chi connectivity index (χ2n) is 10.6. The number of nitrogens with zero attached hydrogens (tertiary/aromatic N) is 1. The summed E-state index contributed by atoms with van der Waals surface area (Å²) in [6.07, 6.45) is 0.0278. The number of halogens is 3. The lowest BCUT2D eigenvalue weighted by Crippen LogP contribution is -2.44. The number of benzene rings is 1. The molecule has 9 heteroatoms. The summed E-state index contributed by atoms with van der Waals surface area (Å²) >= 11 is 0. The Morgan fingerprint density at radius 1 is 1.12 bits per heavy atom. The van der Waals surface area contributed by atoms with Crippen LogP contribution in [-0.4, -0.2) is 37.6 Å². The van der Waals surface area contributed by atoms with Crippen molar-refractivity contribution >= 4 is 20.9 Å². The van der Waals surface area contributed by atoms with Crippen LogP contribution in [0, 0.1) is 5.41 Å². The smallest absolute Gasteiger partial charge is 0.381 e. The highest BCUT2D eigenvalue weighted by Crippen LogP contribution is 2.41. The molecule has 33 heavy (non-hydrogen) atoms. The molecule has 2 aliphatic rings. The second-order valence-corrected chi connectivity index (χ2v) is 12.6. The Labute approximate surface area is 193 Å². The van der Waals surface area contributed by atoms with Gasteiger partial charge in [-0.2, -0.15) is 17.9 Å². The Bertz CT molecular complexity index is 1090. The maximum Gasteiger partial charge on any atom is 0.408 e. The van der Waals surface area contributed by atoms with Crippen molar-refractivity contribution in [1.82, 2.24) is 9.29 Å². The largest absolute Gasteiger partial charge is 0.408 e. The normalized spacial score (nSPS) is 20.2. The number of rotatable bonds is 6. The van der Waals surface area contributed by atoms with Crippen LogP contribution in [0.2, 0.25) is 0 Å². The highest BCUT2D eigenvalue weighted by molar-refractivity contribution is 7.90. The number of nitrogens with one attached hydrogen (secondary N) is 1. The minimum absolute atomic E-state index is 0.0387. The van der Waals surface area contributed by atoms with Crippen LogP contribution in [0.15, 0.2) is 24.4 Å². The fourth-order valence-electron chi connectivity index (χ4n) is 4.74. The maximum atomic E-state index is 14.2. The van der Waals surface area contributed by atoms with Gasteiger partial charge in [-0.1, -0.05) is 39.3 Å². The maximum absolute atomic E-state index is 14.2. The fraction of sp³-hybridized carbons (Fsp3) is 0.667. The zero-order valence-corrected chi connectivity index (χ0v) is 20.2. The van der Waals surface area contributed by atoms with Crippen molar-refractivity contribution in [3.63, 3.8) is 0 Å². The van der Waals surface area contributed by atoms with Gasteiger partial charge in [0.05, 0.1) is 5.25 Å². The highest BCUT2D eigenvalue weighted by atomic mass is 32.2. The standard InChI is InChI=1S/C24H33F3N2O3S/c1-23(2,3)15-29-14-20(22(24(25,26)27)28-33(30,31)18-5-4-6-18)19-8-7-17(13-21(19)29)16-9-11-32-12-10-16/h7-8,13-14,16,18,22,28H,4-6,9-12,15H2,1-3H3/t22-/m0/s1. The van der Waals surface area contributed by atoms with E-state index in [1.807, 2.05) is 42.2 Å². The van der Waals surface area contributed by atoms with Crippen LogP contribution in [0.5, 0.6) is 0 Å². The van der Waals surface area contributed by atoms with Gasteiger partial charge in [-0.15, -0.1) is 0 Å². The van der Waals surface area contributed by atoms with Crippen LogP contribution in [0.1, 0.15) is 76.0 Å². The predicted octanol–water partition coefficient (Wildman–Crippen LogP) is 5.66. The zero-order valence-electron chi connectivity index (χ0n) is 19.4. The first-order chi connectivity index (χ1) is 15.4. The monoisotopic (exact) mass is 486 g/mol. The van der Waals surface area contributed by atoms with E-state index in [9.17, 15) is 21.6 Å². The van der Waals surface area contributed by atoms with Crippen LogP contribution in [-0.2, 0) is 21.3 Å². The Morgan fingerprint density at radius 2 is 1.79 bits per heavy atom. The molecule has 1 N–H and O–H groups in total. The molecule has 184 valence electrons. The predicted molar refractivity (Wildman–Crippen MR) is 123 cm³/mol. The third-order valence-electron chi connectivity index (χ3n) is 6.69. The van der Waals surface area contributed by atoms with E-state index in [1.165, 1.54) is 6.20 Å². The Kier molecular flexibility index (Phi) is 6.61. The number of aromatic nitrogens is 1. The van der Waals surface area contributed by atoms with E-state index in [4.69, 9.17) is 4.74 Å². The van der Waals surface area contributed by atoms with Gasteiger partial charge < -0.3 is 9.30 Å². The molecule has 2 heterocycles. The lowest BCUT2D eigenvalue weighted by Gasteiger charge is -2.29. The molecule has 1 saturated carbocycles. The quantitative estimate of drug-likeness (QED) is 0.573. The average Bonchev–Trinajstić information content (AvgIpc) is 3.00. The average molecular weight is 487 g/mol. The summed E-state index contributed by atoms with van der Waals surface area (Å²) in [5.41, 5.74) is 1.59. The minimum Gasteiger partial charge on any atom is -0.381 e. The molecular weight excluding hydrogens is 453 g/mol.